The van der Waals surface area contributed by atoms with Gasteiger partial charge < -0.3 is 10.2 Å². The summed E-state index contributed by atoms with van der Waals surface area (Å²) in [5, 5.41) is 0. The predicted octanol–water partition coefficient (Wildman–Crippen LogP) is 1.12. The second kappa shape index (κ2) is 4.30. The van der Waals surface area contributed by atoms with Crippen LogP contribution in [0.3, 0.4) is 0 Å². The highest BCUT2D eigenvalue weighted by molar-refractivity contribution is 5.85. The molecule has 10 heavy (non-hydrogen) atoms. The minimum atomic E-state index is 0. The van der Waals surface area contributed by atoms with Crippen molar-refractivity contribution in [2.24, 2.45) is 5.73 Å². The molecule has 1 aromatic heterocycles. The van der Waals surface area contributed by atoms with Crippen LogP contribution in [0.5, 0.6) is 0 Å². The van der Waals surface area contributed by atoms with Crippen molar-refractivity contribution in [1.29, 1.82) is 0 Å². The molecule has 1 rings (SSSR count). The summed E-state index contributed by atoms with van der Waals surface area (Å²) in [6, 6.07) is 0. The van der Waals surface area contributed by atoms with Gasteiger partial charge in [-0.3, -0.25) is 0 Å². The molecule has 0 unspecified atom stereocenters. The number of rotatable bonds is 2. The van der Waals surface area contributed by atoms with Crippen LogP contribution < -0.4 is 5.73 Å². The lowest BCUT2D eigenvalue weighted by molar-refractivity contribution is 0.461. The average Bonchev–Trinajstić information content (AvgIpc) is 2.34. The first-order valence-corrected chi connectivity index (χ1v) is 3.00. The van der Waals surface area contributed by atoms with Crippen molar-refractivity contribution in [2.75, 3.05) is 0 Å². The summed E-state index contributed by atoms with van der Waals surface area (Å²) >= 11 is 0. The van der Waals surface area contributed by atoms with E-state index in [1.807, 2.05) is 6.92 Å². The van der Waals surface area contributed by atoms with Gasteiger partial charge in [-0.05, 0) is 0 Å². The molecule has 58 valence electrons. The monoisotopic (exact) mass is 162 g/mol. The summed E-state index contributed by atoms with van der Waals surface area (Å²) < 4.78 is 5.15. The Labute approximate surface area is 66.0 Å². The van der Waals surface area contributed by atoms with Gasteiger partial charge in [-0.2, -0.15) is 0 Å². The molecule has 0 aliphatic rings. The Morgan fingerprint density at radius 1 is 1.70 bits per heavy atom. The van der Waals surface area contributed by atoms with E-state index >= 15 is 0 Å². The zero-order valence-corrected chi connectivity index (χ0v) is 6.65. The second-order valence-electron chi connectivity index (χ2n) is 1.78. The summed E-state index contributed by atoms with van der Waals surface area (Å²) in [6.45, 7) is 2.40. The number of hydrogen-bond donors (Lipinski definition) is 1. The normalized spacial score (nSPS) is 9.00. The Bertz CT molecular complexity index is 169. The Balaban J connectivity index is 0.000000810. The van der Waals surface area contributed by atoms with Gasteiger partial charge >= 0.3 is 0 Å². The lowest BCUT2D eigenvalue weighted by Crippen LogP contribution is -1.94. The van der Waals surface area contributed by atoms with Crippen molar-refractivity contribution in [3.8, 4) is 0 Å². The highest BCUT2D eigenvalue weighted by Gasteiger charge is 1.96. The van der Waals surface area contributed by atoms with Crippen molar-refractivity contribution in [3.05, 3.63) is 17.8 Å². The number of hydrogen-bond acceptors (Lipinski definition) is 3. The van der Waals surface area contributed by atoms with E-state index in [2.05, 4.69) is 4.98 Å². The topological polar surface area (TPSA) is 52.0 Å². The molecule has 0 amide bonds. The fourth-order valence-corrected chi connectivity index (χ4v) is 0.606. The van der Waals surface area contributed by atoms with E-state index < -0.39 is 0 Å². The first kappa shape index (κ1) is 9.46. The third-order valence-corrected chi connectivity index (χ3v) is 1.12. The molecule has 0 spiro atoms. The summed E-state index contributed by atoms with van der Waals surface area (Å²) in [5.41, 5.74) is 5.26. The molecular weight excluding hydrogens is 152 g/mol. The van der Waals surface area contributed by atoms with E-state index in [1.165, 1.54) is 0 Å². The van der Waals surface area contributed by atoms with Gasteiger partial charge in [-0.15, -0.1) is 12.4 Å². The molecule has 0 saturated heterocycles. The van der Waals surface area contributed by atoms with Crippen LogP contribution in [0, 0.1) is 0 Å². The van der Waals surface area contributed by atoms with Gasteiger partial charge in [-0.25, -0.2) is 4.98 Å². The summed E-state index contributed by atoms with van der Waals surface area (Å²) in [6.07, 6.45) is 2.59. The first-order chi connectivity index (χ1) is 4.36. The molecular formula is C6H11ClN2O. The quantitative estimate of drug-likeness (QED) is 0.709. The molecule has 2 N–H and O–H groups in total. The van der Waals surface area contributed by atoms with Crippen molar-refractivity contribution in [3.63, 3.8) is 0 Å². The fraction of sp³-hybridized carbons (Fsp3) is 0.500. The number of nitrogens with two attached hydrogens (primary N) is 1. The van der Waals surface area contributed by atoms with Crippen LogP contribution >= 0.6 is 12.4 Å². The van der Waals surface area contributed by atoms with Gasteiger partial charge in [0, 0.05) is 6.42 Å². The number of aromatic nitrogens is 1. The number of oxazole rings is 1. The van der Waals surface area contributed by atoms with E-state index in [0.717, 1.165) is 12.2 Å². The molecule has 0 saturated carbocycles. The van der Waals surface area contributed by atoms with Gasteiger partial charge in [0.25, 0.3) is 0 Å². The van der Waals surface area contributed by atoms with Gasteiger partial charge in [0.1, 0.15) is 5.76 Å². The molecule has 0 aliphatic carbocycles. The van der Waals surface area contributed by atoms with Crippen LogP contribution in [-0.2, 0) is 13.0 Å². The fourth-order valence-electron chi connectivity index (χ4n) is 0.606. The summed E-state index contributed by atoms with van der Waals surface area (Å²) in [5.74, 6) is 1.52. The maximum atomic E-state index is 5.26. The van der Waals surface area contributed by atoms with Crippen molar-refractivity contribution >= 4 is 12.4 Å². The number of nitrogens with zero attached hydrogens (tertiary/aromatic N) is 1. The smallest absolute Gasteiger partial charge is 0.208 e. The van der Waals surface area contributed by atoms with E-state index in [9.17, 15) is 0 Å². The van der Waals surface area contributed by atoms with E-state index in [-0.39, 0.29) is 12.4 Å². The zero-order valence-electron chi connectivity index (χ0n) is 5.83. The SMILES string of the molecule is CCc1cnc(CN)o1.Cl. The molecule has 4 heteroatoms. The molecule has 0 bridgehead atoms. The molecule has 0 fully saturated rings. The third-order valence-electron chi connectivity index (χ3n) is 1.12. The summed E-state index contributed by atoms with van der Waals surface area (Å²) in [4.78, 5) is 3.91. The highest BCUT2D eigenvalue weighted by atomic mass is 35.5. The minimum Gasteiger partial charge on any atom is -0.444 e. The van der Waals surface area contributed by atoms with Crippen LogP contribution in [0.4, 0.5) is 0 Å². The van der Waals surface area contributed by atoms with E-state index in [0.29, 0.717) is 12.4 Å². The first-order valence-electron chi connectivity index (χ1n) is 3.00. The summed E-state index contributed by atoms with van der Waals surface area (Å²) in [7, 11) is 0. The van der Waals surface area contributed by atoms with Crippen LogP contribution in [0.1, 0.15) is 18.6 Å². The van der Waals surface area contributed by atoms with Crippen LogP contribution in [0.2, 0.25) is 0 Å². The lowest BCUT2D eigenvalue weighted by atomic mass is 10.4. The van der Waals surface area contributed by atoms with Gasteiger partial charge in [0.15, 0.2) is 0 Å². The van der Waals surface area contributed by atoms with Crippen LogP contribution in [0.25, 0.3) is 0 Å². The van der Waals surface area contributed by atoms with E-state index in [1.54, 1.807) is 6.20 Å². The van der Waals surface area contributed by atoms with Gasteiger partial charge in [0.2, 0.25) is 5.89 Å². The third kappa shape index (κ3) is 2.01. The van der Waals surface area contributed by atoms with E-state index in [4.69, 9.17) is 10.2 Å². The molecule has 3 nitrogen and oxygen atoms in total. The lowest BCUT2D eigenvalue weighted by Gasteiger charge is -1.84. The molecule has 1 heterocycles. The van der Waals surface area contributed by atoms with Gasteiger partial charge in [-0.1, -0.05) is 6.92 Å². The Kier molecular flexibility index (Phi) is 4.07. The minimum absolute atomic E-state index is 0. The predicted molar refractivity (Wildman–Crippen MR) is 41.0 cm³/mol. The molecule has 0 aliphatic heterocycles. The number of halogens is 1. The van der Waals surface area contributed by atoms with Crippen molar-refractivity contribution < 1.29 is 4.42 Å². The molecule has 0 aromatic carbocycles. The molecule has 1 aromatic rings. The Morgan fingerprint density at radius 3 is 2.70 bits per heavy atom. The van der Waals surface area contributed by atoms with Crippen molar-refractivity contribution in [2.45, 2.75) is 19.9 Å². The largest absolute Gasteiger partial charge is 0.444 e. The zero-order chi connectivity index (χ0) is 6.69. The number of aryl methyl sites for hydroxylation is 1. The van der Waals surface area contributed by atoms with Crippen LogP contribution in [0.15, 0.2) is 10.6 Å². The average molecular weight is 163 g/mol. The maximum absolute atomic E-state index is 5.26. The Morgan fingerprint density at radius 2 is 2.40 bits per heavy atom. The molecule has 0 radical (unpaired) electrons. The highest BCUT2D eigenvalue weighted by Crippen LogP contribution is 2.01. The molecule has 0 atom stereocenters. The van der Waals surface area contributed by atoms with Gasteiger partial charge in [0.05, 0.1) is 12.7 Å². The maximum Gasteiger partial charge on any atom is 0.208 e. The Hall–Kier alpha value is -0.540. The standard InChI is InChI=1S/C6H10N2O.ClH/c1-2-5-4-8-6(3-7)9-5;/h4H,2-3,7H2,1H3;1H. The second-order valence-corrected chi connectivity index (χ2v) is 1.78. The van der Waals surface area contributed by atoms with Crippen molar-refractivity contribution in [1.82, 2.24) is 4.98 Å². The van der Waals surface area contributed by atoms with Crippen LogP contribution in [-0.4, -0.2) is 4.98 Å².